The third-order valence-electron chi connectivity index (χ3n) is 4.02. The van der Waals surface area contributed by atoms with Gasteiger partial charge < -0.3 is 10.2 Å². The van der Waals surface area contributed by atoms with E-state index in [-0.39, 0.29) is 11.8 Å². The minimum atomic E-state index is -0.864. The van der Waals surface area contributed by atoms with Crippen molar-refractivity contribution >= 4 is 23.4 Å². The van der Waals surface area contributed by atoms with Gasteiger partial charge in [0.25, 0.3) is 0 Å². The number of amides is 3. The van der Waals surface area contributed by atoms with E-state index in [1.54, 1.807) is 13.0 Å². The van der Waals surface area contributed by atoms with Crippen LogP contribution in [0.1, 0.15) is 25.3 Å². The van der Waals surface area contributed by atoms with E-state index in [1.807, 2.05) is 25.1 Å². The molecule has 6 heteroatoms. The molecule has 0 radical (unpaired) electrons. The van der Waals surface area contributed by atoms with Crippen molar-refractivity contribution in [2.24, 2.45) is 5.92 Å². The van der Waals surface area contributed by atoms with Crippen molar-refractivity contribution in [3.05, 3.63) is 29.8 Å². The highest BCUT2D eigenvalue weighted by Crippen LogP contribution is 2.16. The average molecular weight is 317 g/mol. The van der Waals surface area contributed by atoms with E-state index in [1.165, 1.54) is 4.90 Å². The lowest BCUT2D eigenvalue weighted by Crippen LogP contribution is -2.48. The number of anilines is 1. The lowest BCUT2D eigenvalue weighted by atomic mass is 9.97. The number of imide groups is 1. The Morgan fingerprint density at radius 3 is 2.57 bits per heavy atom. The Labute approximate surface area is 136 Å². The molecule has 1 saturated heterocycles. The Bertz CT molecular complexity index is 595. The number of benzene rings is 1. The maximum atomic E-state index is 12.4. The number of carbonyl (C=O) groups is 3. The van der Waals surface area contributed by atoms with Gasteiger partial charge in [0, 0.05) is 18.2 Å². The summed E-state index contributed by atoms with van der Waals surface area (Å²) in [6.45, 7) is 5.58. The number of nitrogens with one attached hydrogen (secondary N) is 2. The Morgan fingerprint density at radius 2 is 1.96 bits per heavy atom. The molecule has 2 rings (SSSR count). The Kier molecular flexibility index (Phi) is 5.87. The number of carbonyl (C=O) groups excluding carboxylic acids is 3. The number of nitrogens with zero attached hydrogens (tertiary/aromatic N) is 1. The first-order valence-electron chi connectivity index (χ1n) is 7.97. The van der Waals surface area contributed by atoms with E-state index in [0.29, 0.717) is 25.1 Å². The molecule has 2 N–H and O–H groups in total. The summed E-state index contributed by atoms with van der Waals surface area (Å²) in [5.74, 6) is -2.13. The van der Waals surface area contributed by atoms with E-state index in [4.69, 9.17) is 0 Å². The predicted molar refractivity (Wildman–Crippen MR) is 87.9 cm³/mol. The maximum absolute atomic E-state index is 12.4. The molecule has 1 aromatic carbocycles. The van der Waals surface area contributed by atoms with Gasteiger partial charge in [-0.1, -0.05) is 12.1 Å². The fraction of sp³-hybridized carbons (Fsp3) is 0.471. The second-order valence-electron chi connectivity index (χ2n) is 5.73. The van der Waals surface area contributed by atoms with Crippen molar-refractivity contribution in [2.45, 2.75) is 26.7 Å². The van der Waals surface area contributed by atoms with E-state index in [0.717, 1.165) is 18.7 Å². The molecule has 0 saturated carbocycles. The van der Waals surface area contributed by atoms with Crippen LogP contribution in [0, 0.1) is 12.8 Å². The van der Waals surface area contributed by atoms with E-state index in [2.05, 4.69) is 10.6 Å². The first-order chi connectivity index (χ1) is 11.0. The monoisotopic (exact) mass is 317 g/mol. The van der Waals surface area contributed by atoms with Crippen LogP contribution in [-0.2, 0) is 14.4 Å². The molecule has 124 valence electrons. The Hall–Kier alpha value is -2.21. The van der Waals surface area contributed by atoms with E-state index in [9.17, 15) is 14.4 Å². The number of rotatable bonds is 3. The average Bonchev–Trinajstić information content (AvgIpc) is 2.56. The second kappa shape index (κ2) is 7.87. The van der Waals surface area contributed by atoms with Gasteiger partial charge in [0.15, 0.2) is 0 Å². The SMILES string of the molecule is CCN(C(=O)C(=O)NC(=O)C1CCNCC1)c1cccc(C)c1. The van der Waals surface area contributed by atoms with Crippen molar-refractivity contribution in [3.8, 4) is 0 Å². The second-order valence-corrected chi connectivity index (χ2v) is 5.73. The van der Waals surface area contributed by atoms with Gasteiger partial charge in [0.2, 0.25) is 5.91 Å². The highest BCUT2D eigenvalue weighted by Gasteiger charge is 2.27. The van der Waals surface area contributed by atoms with Crippen molar-refractivity contribution < 1.29 is 14.4 Å². The maximum Gasteiger partial charge on any atom is 0.316 e. The lowest BCUT2D eigenvalue weighted by Gasteiger charge is -2.23. The number of likely N-dealkylation sites (N-methyl/N-ethyl adjacent to an activating group) is 1. The van der Waals surface area contributed by atoms with Crippen LogP contribution < -0.4 is 15.5 Å². The van der Waals surface area contributed by atoms with Crippen LogP contribution in [-0.4, -0.2) is 37.4 Å². The van der Waals surface area contributed by atoms with Gasteiger partial charge in [0.1, 0.15) is 0 Å². The molecule has 23 heavy (non-hydrogen) atoms. The highest BCUT2D eigenvalue weighted by atomic mass is 16.2. The summed E-state index contributed by atoms with van der Waals surface area (Å²) in [7, 11) is 0. The van der Waals surface area contributed by atoms with Crippen molar-refractivity contribution in [1.82, 2.24) is 10.6 Å². The number of hydrogen-bond acceptors (Lipinski definition) is 4. The molecular formula is C17H23N3O3. The van der Waals surface area contributed by atoms with Gasteiger partial charge in [-0.15, -0.1) is 0 Å². The highest BCUT2D eigenvalue weighted by molar-refractivity contribution is 6.42. The molecule has 0 bridgehead atoms. The summed E-state index contributed by atoms with van der Waals surface area (Å²) in [6.07, 6.45) is 1.37. The van der Waals surface area contributed by atoms with Crippen LogP contribution in [0.5, 0.6) is 0 Å². The van der Waals surface area contributed by atoms with Gasteiger partial charge in [-0.3, -0.25) is 19.7 Å². The lowest BCUT2D eigenvalue weighted by molar-refractivity contribution is -0.142. The fourth-order valence-corrected chi connectivity index (χ4v) is 2.71. The molecule has 0 atom stereocenters. The smallest absolute Gasteiger partial charge is 0.316 e. The molecule has 1 heterocycles. The van der Waals surface area contributed by atoms with Crippen LogP contribution in [0.2, 0.25) is 0 Å². The van der Waals surface area contributed by atoms with Crippen molar-refractivity contribution in [3.63, 3.8) is 0 Å². The van der Waals surface area contributed by atoms with Crippen LogP contribution in [0.15, 0.2) is 24.3 Å². The van der Waals surface area contributed by atoms with Crippen LogP contribution in [0.3, 0.4) is 0 Å². The molecule has 3 amide bonds. The van der Waals surface area contributed by atoms with Crippen molar-refractivity contribution in [2.75, 3.05) is 24.5 Å². The normalized spacial score (nSPS) is 15.0. The van der Waals surface area contributed by atoms with Crippen molar-refractivity contribution in [1.29, 1.82) is 0 Å². The quantitative estimate of drug-likeness (QED) is 0.815. The van der Waals surface area contributed by atoms with E-state index < -0.39 is 11.8 Å². The molecule has 1 fully saturated rings. The third-order valence-corrected chi connectivity index (χ3v) is 4.02. The van der Waals surface area contributed by atoms with Crippen LogP contribution in [0.25, 0.3) is 0 Å². The summed E-state index contributed by atoms with van der Waals surface area (Å²) >= 11 is 0. The summed E-state index contributed by atoms with van der Waals surface area (Å²) in [6, 6.07) is 7.36. The molecule has 0 aromatic heterocycles. The predicted octanol–water partition coefficient (Wildman–Crippen LogP) is 0.990. The molecule has 0 spiro atoms. The van der Waals surface area contributed by atoms with Crippen LogP contribution in [0.4, 0.5) is 5.69 Å². The van der Waals surface area contributed by atoms with Crippen LogP contribution >= 0.6 is 0 Å². The standard InChI is InChI=1S/C17H23N3O3/c1-3-20(14-6-4-5-12(2)11-14)17(23)16(22)19-15(21)13-7-9-18-10-8-13/h4-6,11,13,18H,3,7-10H2,1-2H3,(H,19,21,22). The topological polar surface area (TPSA) is 78.5 Å². The molecule has 1 aromatic rings. The van der Waals surface area contributed by atoms with Gasteiger partial charge in [0.05, 0.1) is 0 Å². The minimum absolute atomic E-state index is 0.206. The Balaban J connectivity index is 2.02. The summed E-state index contributed by atoms with van der Waals surface area (Å²) < 4.78 is 0. The summed E-state index contributed by atoms with van der Waals surface area (Å²) in [5.41, 5.74) is 1.65. The summed E-state index contributed by atoms with van der Waals surface area (Å²) in [4.78, 5) is 37.9. The molecule has 1 aliphatic rings. The molecule has 0 unspecified atom stereocenters. The number of aryl methyl sites for hydroxylation is 1. The molecule has 0 aliphatic carbocycles. The molecular weight excluding hydrogens is 294 g/mol. The molecule has 6 nitrogen and oxygen atoms in total. The van der Waals surface area contributed by atoms with Gasteiger partial charge >= 0.3 is 11.8 Å². The number of hydrogen-bond donors (Lipinski definition) is 2. The Morgan fingerprint density at radius 1 is 1.26 bits per heavy atom. The zero-order valence-electron chi connectivity index (χ0n) is 13.6. The van der Waals surface area contributed by atoms with E-state index >= 15 is 0 Å². The minimum Gasteiger partial charge on any atom is -0.317 e. The fourth-order valence-electron chi connectivity index (χ4n) is 2.71. The first kappa shape index (κ1) is 17.1. The molecule has 1 aliphatic heterocycles. The first-order valence-corrected chi connectivity index (χ1v) is 7.97. The summed E-state index contributed by atoms with van der Waals surface area (Å²) in [5, 5.41) is 5.41. The zero-order chi connectivity index (χ0) is 16.8. The van der Waals surface area contributed by atoms with Gasteiger partial charge in [-0.05, 0) is 57.5 Å². The van der Waals surface area contributed by atoms with Gasteiger partial charge in [-0.2, -0.15) is 0 Å². The van der Waals surface area contributed by atoms with Gasteiger partial charge in [-0.25, -0.2) is 0 Å². The third kappa shape index (κ3) is 4.39. The largest absolute Gasteiger partial charge is 0.317 e. The zero-order valence-corrected chi connectivity index (χ0v) is 13.6. The number of piperidine rings is 1.